The average molecular weight is 769 g/mol. The lowest BCUT2D eigenvalue weighted by atomic mass is 10.0. The van der Waals surface area contributed by atoms with Crippen molar-refractivity contribution in [3.8, 4) is 0 Å². The third kappa shape index (κ3) is 36.0. The molecule has 0 aliphatic carbocycles. The predicted molar refractivity (Wildman–Crippen MR) is 225 cm³/mol. The van der Waals surface area contributed by atoms with Crippen LogP contribution >= 0.6 is 0 Å². The molecule has 0 aliphatic rings. The molecule has 0 amide bonds. The van der Waals surface area contributed by atoms with E-state index in [1.807, 2.05) is 21.1 Å². The monoisotopic (exact) mass is 769 g/mol. The van der Waals surface area contributed by atoms with Crippen LogP contribution in [0.2, 0.25) is 0 Å². The van der Waals surface area contributed by atoms with Crippen molar-refractivity contribution in [3.63, 3.8) is 0 Å². The van der Waals surface area contributed by atoms with E-state index < -0.39 is 18.1 Å². The quantitative estimate of drug-likeness (QED) is 0.0375. The summed E-state index contributed by atoms with van der Waals surface area (Å²) in [7, 11) is 5.54. The second-order valence-corrected chi connectivity index (χ2v) is 17.0. The van der Waals surface area contributed by atoms with Gasteiger partial charge in [0.2, 0.25) is 0 Å². The second-order valence-electron chi connectivity index (χ2n) is 17.0. The summed E-state index contributed by atoms with van der Waals surface area (Å²) in [4.78, 5) is 37.0. The number of rotatable bonds is 42. The first-order valence-corrected chi connectivity index (χ1v) is 23.1. The van der Waals surface area contributed by atoms with Crippen LogP contribution in [-0.2, 0) is 28.6 Å². The zero-order valence-electron chi connectivity index (χ0n) is 36.5. The molecule has 2 unspecified atom stereocenters. The first kappa shape index (κ1) is 52.3. The SMILES string of the molecule is CCCCCCCCCCCCCCCCCCCC(=O)OCC(COCCC(C(=O)O)[N+](C)(C)C)OC(=O)CCCCCCCCCCCCCCC. The molecule has 0 aromatic carbocycles. The fourth-order valence-corrected chi connectivity index (χ4v) is 7.15. The lowest BCUT2D eigenvalue weighted by molar-refractivity contribution is -0.887. The average Bonchev–Trinajstić information content (AvgIpc) is 3.12. The van der Waals surface area contributed by atoms with E-state index in [4.69, 9.17) is 14.2 Å². The molecule has 0 radical (unpaired) electrons. The zero-order valence-corrected chi connectivity index (χ0v) is 36.5. The molecular weight excluding hydrogens is 679 g/mol. The van der Waals surface area contributed by atoms with E-state index in [1.165, 1.54) is 154 Å². The predicted octanol–water partition coefficient (Wildman–Crippen LogP) is 12.5. The first-order chi connectivity index (χ1) is 26.1. The first-order valence-electron chi connectivity index (χ1n) is 23.1. The second kappa shape index (κ2) is 38.2. The molecule has 320 valence electrons. The van der Waals surface area contributed by atoms with E-state index in [9.17, 15) is 19.5 Å². The fraction of sp³-hybridized carbons (Fsp3) is 0.935. The van der Waals surface area contributed by atoms with Crippen LogP contribution in [0.25, 0.3) is 0 Å². The van der Waals surface area contributed by atoms with E-state index in [-0.39, 0.29) is 36.2 Å². The van der Waals surface area contributed by atoms with Gasteiger partial charge in [0, 0.05) is 19.3 Å². The molecule has 54 heavy (non-hydrogen) atoms. The van der Waals surface area contributed by atoms with Gasteiger partial charge < -0.3 is 23.8 Å². The Hall–Kier alpha value is -1.67. The Morgan fingerprint density at radius 2 is 0.815 bits per heavy atom. The van der Waals surface area contributed by atoms with Crippen LogP contribution in [0.5, 0.6) is 0 Å². The number of ether oxygens (including phenoxy) is 3. The van der Waals surface area contributed by atoms with E-state index in [0.29, 0.717) is 19.3 Å². The van der Waals surface area contributed by atoms with Crippen molar-refractivity contribution in [2.24, 2.45) is 0 Å². The van der Waals surface area contributed by atoms with Gasteiger partial charge in [-0.2, -0.15) is 0 Å². The van der Waals surface area contributed by atoms with Gasteiger partial charge in [-0.3, -0.25) is 9.59 Å². The number of likely N-dealkylation sites (N-methyl/N-ethyl adjacent to an activating group) is 1. The summed E-state index contributed by atoms with van der Waals surface area (Å²) in [6, 6.07) is -0.607. The van der Waals surface area contributed by atoms with Crippen LogP contribution in [-0.4, -0.2) is 80.6 Å². The molecule has 0 aromatic heterocycles. The number of carboxylic acids is 1. The van der Waals surface area contributed by atoms with Gasteiger partial charge in [-0.15, -0.1) is 0 Å². The molecule has 8 heteroatoms. The number of unbranched alkanes of at least 4 members (excludes halogenated alkanes) is 28. The maximum atomic E-state index is 12.7. The van der Waals surface area contributed by atoms with Crippen molar-refractivity contribution in [1.82, 2.24) is 0 Å². The Kier molecular flexibility index (Phi) is 37.0. The molecule has 0 saturated carbocycles. The maximum absolute atomic E-state index is 12.7. The van der Waals surface area contributed by atoms with Crippen molar-refractivity contribution in [3.05, 3.63) is 0 Å². The number of hydrogen-bond acceptors (Lipinski definition) is 6. The Bertz CT molecular complexity index is 858. The minimum atomic E-state index is -0.870. The highest BCUT2D eigenvalue weighted by Gasteiger charge is 2.31. The lowest BCUT2D eigenvalue weighted by Crippen LogP contribution is -2.50. The minimum absolute atomic E-state index is 0.0418. The smallest absolute Gasteiger partial charge is 0.362 e. The fourth-order valence-electron chi connectivity index (χ4n) is 7.15. The van der Waals surface area contributed by atoms with E-state index in [1.54, 1.807) is 0 Å². The number of aliphatic carboxylic acids is 1. The highest BCUT2D eigenvalue weighted by molar-refractivity contribution is 5.72. The molecular formula is C46H90NO7+. The van der Waals surface area contributed by atoms with Gasteiger partial charge in [0.05, 0.1) is 34.4 Å². The van der Waals surface area contributed by atoms with Gasteiger partial charge in [-0.1, -0.05) is 194 Å². The number of nitrogens with zero attached hydrogens (tertiary/aromatic N) is 1. The van der Waals surface area contributed by atoms with Gasteiger partial charge in [0.15, 0.2) is 12.1 Å². The molecule has 0 aliphatic heterocycles. The molecule has 2 atom stereocenters. The van der Waals surface area contributed by atoms with Crippen molar-refractivity contribution in [1.29, 1.82) is 0 Å². The molecule has 0 bridgehead atoms. The van der Waals surface area contributed by atoms with Crippen LogP contribution in [0, 0.1) is 0 Å². The normalized spacial score (nSPS) is 12.8. The number of carbonyl (C=O) groups excluding carboxylic acids is 2. The van der Waals surface area contributed by atoms with Crippen LogP contribution in [0.1, 0.15) is 226 Å². The highest BCUT2D eigenvalue weighted by atomic mass is 16.6. The van der Waals surface area contributed by atoms with Crippen LogP contribution < -0.4 is 0 Å². The summed E-state index contributed by atoms with van der Waals surface area (Å²) in [6.45, 7) is 4.77. The van der Waals surface area contributed by atoms with Gasteiger partial charge in [-0.25, -0.2) is 4.79 Å². The maximum Gasteiger partial charge on any atom is 0.362 e. The van der Waals surface area contributed by atoms with Gasteiger partial charge in [-0.05, 0) is 12.8 Å². The number of carbonyl (C=O) groups is 3. The van der Waals surface area contributed by atoms with Crippen molar-refractivity contribution in [2.75, 3.05) is 41.0 Å². The van der Waals surface area contributed by atoms with Crippen LogP contribution in [0.3, 0.4) is 0 Å². The summed E-state index contributed by atoms with van der Waals surface area (Å²) in [5.74, 6) is -1.44. The Morgan fingerprint density at radius 3 is 1.15 bits per heavy atom. The summed E-state index contributed by atoms with van der Waals surface area (Å²) in [6.07, 6.45) is 38.5. The van der Waals surface area contributed by atoms with Crippen molar-refractivity contribution >= 4 is 17.9 Å². The Morgan fingerprint density at radius 1 is 0.481 bits per heavy atom. The summed E-state index contributed by atoms with van der Waals surface area (Å²) in [5.41, 5.74) is 0. The van der Waals surface area contributed by atoms with Gasteiger partial charge >= 0.3 is 17.9 Å². The minimum Gasteiger partial charge on any atom is -0.477 e. The standard InChI is InChI=1S/C46H89NO7/c1-6-8-10-12-14-16-18-20-21-22-23-25-26-28-30-32-34-36-44(48)53-41-42(40-52-39-38-43(46(50)51)47(3,4)5)54-45(49)37-35-33-31-29-27-24-19-17-15-13-11-9-7-2/h42-43H,6-41H2,1-5H3/p+1. The Labute approximate surface area is 334 Å². The van der Waals surface area contributed by atoms with E-state index in [0.717, 1.165) is 38.5 Å². The third-order valence-electron chi connectivity index (χ3n) is 10.8. The van der Waals surface area contributed by atoms with Crippen molar-refractivity contribution < 1.29 is 38.2 Å². The molecule has 0 spiro atoms. The molecule has 0 rings (SSSR count). The van der Waals surface area contributed by atoms with Crippen molar-refractivity contribution in [2.45, 2.75) is 238 Å². The van der Waals surface area contributed by atoms with Crippen LogP contribution in [0.4, 0.5) is 0 Å². The molecule has 0 saturated heterocycles. The van der Waals surface area contributed by atoms with Crippen LogP contribution in [0.15, 0.2) is 0 Å². The third-order valence-corrected chi connectivity index (χ3v) is 10.8. The number of quaternary nitrogens is 1. The van der Waals surface area contributed by atoms with E-state index >= 15 is 0 Å². The summed E-state index contributed by atoms with van der Waals surface area (Å²) < 4.78 is 17.3. The highest BCUT2D eigenvalue weighted by Crippen LogP contribution is 2.16. The zero-order chi connectivity index (χ0) is 40.0. The van der Waals surface area contributed by atoms with Gasteiger partial charge in [0.1, 0.15) is 6.61 Å². The molecule has 1 N–H and O–H groups in total. The Balaban J connectivity index is 4.25. The summed E-state index contributed by atoms with van der Waals surface area (Å²) in [5, 5.41) is 9.62. The largest absolute Gasteiger partial charge is 0.477 e. The lowest BCUT2D eigenvalue weighted by Gasteiger charge is -2.31. The number of hydrogen-bond donors (Lipinski definition) is 1. The molecule has 8 nitrogen and oxygen atoms in total. The van der Waals surface area contributed by atoms with Gasteiger partial charge in [0.25, 0.3) is 0 Å². The van der Waals surface area contributed by atoms with E-state index in [2.05, 4.69) is 13.8 Å². The molecule has 0 heterocycles. The summed E-state index contributed by atoms with van der Waals surface area (Å²) >= 11 is 0. The molecule has 0 fully saturated rings. The molecule has 0 aromatic rings. The number of esters is 2. The number of carboxylic acid groups (broad SMARTS) is 1. The topological polar surface area (TPSA) is 99.1 Å².